The molecule has 0 saturated heterocycles. The summed E-state index contributed by atoms with van der Waals surface area (Å²) in [5.74, 6) is 0. The molecule has 8 heteroatoms. The van der Waals surface area contributed by atoms with Gasteiger partial charge in [0, 0.05) is 59.8 Å². The molecule has 0 fully saturated rings. The highest BCUT2D eigenvalue weighted by atomic mass is 16.6. The van der Waals surface area contributed by atoms with E-state index in [0.29, 0.717) is 17.8 Å². The van der Waals surface area contributed by atoms with Crippen molar-refractivity contribution in [1.29, 1.82) is 0 Å². The van der Waals surface area contributed by atoms with Crippen LogP contribution in [0.3, 0.4) is 0 Å². The summed E-state index contributed by atoms with van der Waals surface area (Å²) < 4.78 is 1.85. The van der Waals surface area contributed by atoms with Crippen LogP contribution >= 0.6 is 0 Å². The van der Waals surface area contributed by atoms with Gasteiger partial charge >= 0.3 is 0 Å². The van der Waals surface area contributed by atoms with Crippen LogP contribution in [0, 0.1) is 10.1 Å². The number of hydrogen-bond donors (Lipinski definition) is 1. The zero-order valence-corrected chi connectivity index (χ0v) is 19.9. The van der Waals surface area contributed by atoms with Gasteiger partial charge in [0.2, 0.25) is 0 Å². The number of hydrogen-bond acceptors (Lipinski definition) is 5. The van der Waals surface area contributed by atoms with E-state index in [9.17, 15) is 10.1 Å². The molecular formula is C27H26N6O2. The van der Waals surface area contributed by atoms with Crippen LogP contribution in [0.4, 0.5) is 5.69 Å². The molecule has 0 aliphatic heterocycles. The Balaban J connectivity index is 1.61. The number of nitro benzene ring substituents is 1. The van der Waals surface area contributed by atoms with Gasteiger partial charge in [-0.1, -0.05) is 36.4 Å². The fourth-order valence-corrected chi connectivity index (χ4v) is 4.33. The van der Waals surface area contributed by atoms with Crippen molar-refractivity contribution in [3.63, 3.8) is 0 Å². The molecule has 0 atom stereocenters. The maximum atomic E-state index is 11.4. The van der Waals surface area contributed by atoms with Gasteiger partial charge in [0.15, 0.2) is 0 Å². The Labute approximate surface area is 203 Å². The minimum atomic E-state index is -0.382. The first-order chi connectivity index (χ1) is 16.9. The van der Waals surface area contributed by atoms with Gasteiger partial charge in [-0.05, 0) is 49.8 Å². The molecule has 3 aromatic heterocycles. The normalized spacial score (nSPS) is 11.4. The van der Waals surface area contributed by atoms with E-state index < -0.39 is 0 Å². The zero-order chi connectivity index (χ0) is 24.5. The number of fused-ring (bicyclic) bond motifs is 1. The quantitative estimate of drug-likeness (QED) is 0.243. The highest BCUT2D eigenvalue weighted by Crippen LogP contribution is 2.37. The molecule has 5 aromatic rings. The largest absolute Gasteiger partial charge is 0.339 e. The smallest absolute Gasteiger partial charge is 0.270 e. The van der Waals surface area contributed by atoms with Gasteiger partial charge in [0.1, 0.15) is 11.3 Å². The first-order valence-corrected chi connectivity index (χ1v) is 11.5. The van der Waals surface area contributed by atoms with Crippen molar-refractivity contribution in [2.75, 3.05) is 14.1 Å². The molecule has 176 valence electrons. The Hall–Kier alpha value is -4.30. The summed E-state index contributed by atoms with van der Waals surface area (Å²) in [5, 5.41) is 17.1. The number of non-ortho nitro benzene ring substituents is 1. The summed E-state index contributed by atoms with van der Waals surface area (Å²) in [6.07, 6.45) is 3.77. The van der Waals surface area contributed by atoms with Gasteiger partial charge in [-0.3, -0.25) is 14.8 Å². The minimum absolute atomic E-state index is 0.0426. The maximum absolute atomic E-state index is 11.4. The van der Waals surface area contributed by atoms with E-state index in [4.69, 9.17) is 5.10 Å². The highest BCUT2D eigenvalue weighted by molar-refractivity contribution is 5.99. The number of pyridine rings is 1. The summed E-state index contributed by atoms with van der Waals surface area (Å²) in [6.45, 7) is 3.60. The van der Waals surface area contributed by atoms with E-state index in [-0.39, 0.29) is 10.6 Å². The summed E-state index contributed by atoms with van der Waals surface area (Å²) in [6, 6.07) is 19.2. The molecular weight excluding hydrogens is 440 g/mol. The van der Waals surface area contributed by atoms with Crippen LogP contribution in [-0.4, -0.2) is 43.7 Å². The second-order valence-electron chi connectivity index (χ2n) is 8.79. The highest BCUT2D eigenvalue weighted by Gasteiger charge is 2.19. The lowest BCUT2D eigenvalue weighted by atomic mass is 9.99. The molecule has 0 bridgehead atoms. The molecule has 0 aliphatic carbocycles. The van der Waals surface area contributed by atoms with Crippen molar-refractivity contribution >= 4 is 16.7 Å². The molecule has 2 aromatic carbocycles. The average molecular weight is 467 g/mol. The second-order valence-corrected chi connectivity index (χ2v) is 8.79. The number of nitrogens with one attached hydrogen (secondary N) is 1. The molecule has 3 heterocycles. The van der Waals surface area contributed by atoms with E-state index in [2.05, 4.69) is 59.3 Å². The molecule has 0 radical (unpaired) electrons. The Bertz CT molecular complexity index is 1510. The molecule has 0 saturated carbocycles. The fraction of sp³-hybridized carbons (Fsp3) is 0.185. The lowest BCUT2D eigenvalue weighted by Crippen LogP contribution is -2.10. The van der Waals surface area contributed by atoms with Crippen LogP contribution in [0.25, 0.3) is 44.7 Å². The number of H-pyrrole nitrogens is 1. The molecule has 1 N–H and O–H groups in total. The third kappa shape index (κ3) is 4.43. The fourth-order valence-electron chi connectivity index (χ4n) is 4.33. The Morgan fingerprint density at radius 3 is 2.54 bits per heavy atom. The third-order valence-electron chi connectivity index (χ3n) is 6.00. The number of nitrogens with zero attached hydrogens (tertiary/aromatic N) is 5. The van der Waals surface area contributed by atoms with Gasteiger partial charge in [0.25, 0.3) is 5.69 Å². The first kappa shape index (κ1) is 22.5. The molecule has 0 spiro atoms. The number of nitro groups is 1. The van der Waals surface area contributed by atoms with Gasteiger partial charge in [-0.15, -0.1) is 0 Å². The van der Waals surface area contributed by atoms with Crippen molar-refractivity contribution in [3.05, 3.63) is 88.7 Å². The van der Waals surface area contributed by atoms with Crippen LogP contribution < -0.4 is 0 Å². The van der Waals surface area contributed by atoms with Crippen LogP contribution in [-0.2, 0) is 13.1 Å². The topological polar surface area (TPSA) is 92.9 Å². The van der Waals surface area contributed by atoms with E-state index in [1.54, 1.807) is 18.3 Å². The molecule has 8 nitrogen and oxygen atoms in total. The van der Waals surface area contributed by atoms with Crippen molar-refractivity contribution in [2.24, 2.45) is 0 Å². The van der Waals surface area contributed by atoms with Gasteiger partial charge in [-0.2, -0.15) is 5.10 Å². The number of aromatic amines is 1. The lowest BCUT2D eigenvalue weighted by Gasteiger charge is -2.09. The summed E-state index contributed by atoms with van der Waals surface area (Å²) in [7, 11) is 4.11. The Morgan fingerprint density at radius 1 is 1.03 bits per heavy atom. The minimum Gasteiger partial charge on any atom is -0.339 e. The Morgan fingerprint density at radius 2 is 1.83 bits per heavy atom. The SMILES string of the molecule is CCn1cc(-c2ccnc3[nH]c(-c4ccc(CN(C)C)cc4)cc23)c(-c2cccc([N+](=O)[O-])c2)n1. The van der Waals surface area contributed by atoms with Crippen LogP contribution in [0.5, 0.6) is 0 Å². The summed E-state index contributed by atoms with van der Waals surface area (Å²) in [5.41, 5.74) is 7.44. The number of benzene rings is 2. The van der Waals surface area contributed by atoms with E-state index in [1.807, 2.05) is 29.9 Å². The van der Waals surface area contributed by atoms with Crippen molar-refractivity contribution < 1.29 is 4.92 Å². The third-order valence-corrected chi connectivity index (χ3v) is 6.00. The maximum Gasteiger partial charge on any atom is 0.270 e. The standard InChI is InChI=1S/C27H26N6O2/c1-4-32-17-24(26(30-32)20-6-5-7-21(14-20)33(34)35)22-12-13-28-27-23(22)15-25(29-27)19-10-8-18(9-11-19)16-31(2)3/h5-15,17H,4,16H2,1-3H3,(H,28,29). The average Bonchev–Trinajstić information content (AvgIpc) is 3.49. The van der Waals surface area contributed by atoms with Gasteiger partial charge in [0.05, 0.1) is 4.92 Å². The van der Waals surface area contributed by atoms with Crippen molar-refractivity contribution in [3.8, 4) is 33.6 Å². The Kier molecular flexibility index (Phi) is 5.88. The molecule has 35 heavy (non-hydrogen) atoms. The number of aryl methyl sites for hydroxylation is 1. The van der Waals surface area contributed by atoms with Crippen molar-refractivity contribution in [2.45, 2.75) is 20.0 Å². The van der Waals surface area contributed by atoms with Crippen molar-refractivity contribution in [1.82, 2.24) is 24.6 Å². The summed E-state index contributed by atoms with van der Waals surface area (Å²) >= 11 is 0. The van der Waals surface area contributed by atoms with Gasteiger partial charge < -0.3 is 9.88 Å². The first-order valence-electron chi connectivity index (χ1n) is 11.5. The molecule has 0 amide bonds. The number of aromatic nitrogens is 4. The monoisotopic (exact) mass is 466 g/mol. The molecule has 5 rings (SSSR count). The zero-order valence-electron chi connectivity index (χ0n) is 19.9. The second kappa shape index (κ2) is 9.15. The van der Waals surface area contributed by atoms with E-state index in [0.717, 1.165) is 40.0 Å². The van der Waals surface area contributed by atoms with Crippen LogP contribution in [0.1, 0.15) is 12.5 Å². The lowest BCUT2D eigenvalue weighted by molar-refractivity contribution is -0.384. The predicted molar refractivity (Wildman–Crippen MR) is 138 cm³/mol. The molecule has 0 aliphatic rings. The number of rotatable bonds is 7. The predicted octanol–water partition coefficient (Wildman–Crippen LogP) is 5.75. The summed E-state index contributed by atoms with van der Waals surface area (Å²) in [4.78, 5) is 21.1. The van der Waals surface area contributed by atoms with Gasteiger partial charge in [-0.25, -0.2) is 4.98 Å². The molecule has 0 unspecified atom stereocenters. The van der Waals surface area contributed by atoms with Crippen LogP contribution in [0.2, 0.25) is 0 Å². The van der Waals surface area contributed by atoms with E-state index >= 15 is 0 Å². The van der Waals surface area contributed by atoms with Crippen LogP contribution in [0.15, 0.2) is 73.1 Å². The van der Waals surface area contributed by atoms with E-state index in [1.165, 1.54) is 11.6 Å².